The van der Waals surface area contributed by atoms with Crippen molar-refractivity contribution in [2.75, 3.05) is 19.7 Å². The van der Waals surface area contributed by atoms with Gasteiger partial charge in [0, 0.05) is 18.6 Å². The lowest BCUT2D eigenvalue weighted by Crippen LogP contribution is -2.48. The number of amides is 1. The smallest absolute Gasteiger partial charge is 0.237 e. The largest absolute Gasteiger partial charge is 0.378 e. The average Bonchev–Trinajstić information content (AvgIpc) is 3.16. The molecule has 3 rings (SSSR count). The van der Waals surface area contributed by atoms with Crippen molar-refractivity contribution in [3.63, 3.8) is 0 Å². The van der Waals surface area contributed by atoms with E-state index in [2.05, 4.69) is 12.2 Å². The third kappa shape index (κ3) is 3.57. The van der Waals surface area contributed by atoms with E-state index in [9.17, 15) is 9.18 Å². The minimum absolute atomic E-state index is 0.0425. The molecule has 0 radical (unpaired) electrons. The number of nitrogens with zero attached hydrogens (tertiary/aromatic N) is 2. The molecule has 134 valence electrons. The molecule has 1 N–H and O–H groups in total. The lowest BCUT2D eigenvalue weighted by Gasteiger charge is -2.29. The van der Waals surface area contributed by atoms with Crippen molar-refractivity contribution >= 4 is 5.91 Å². The molecule has 0 spiro atoms. The van der Waals surface area contributed by atoms with E-state index in [1.54, 1.807) is 0 Å². The summed E-state index contributed by atoms with van der Waals surface area (Å²) in [4.78, 5) is 13.8. The minimum atomic E-state index is -1.07. The van der Waals surface area contributed by atoms with Crippen molar-refractivity contribution < 1.29 is 13.9 Å². The first-order valence-corrected chi connectivity index (χ1v) is 9.14. The number of alkyl halides is 1. The SMILES string of the molecule is CCOC1C[C@@H]2CC(C)(NCC(=O)N3C[C@@H](F)C[C@H]3C#N)C[C@@H]2C1. The number of rotatable bonds is 5. The fraction of sp³-hybridized carbons (Fsp3) is 0.889. The van der Waals surface area contributed by atoms with Crippen molar-refractivity contribution in [3.05, 3.63) is 0 Å². The van der Waals surface area contributed by atoms with Crippen molar-refractivity contribution in [1.29, 1.82) is 5.26 Å². The highest BCUT2D eigenvalue weighted by molar-refractivity contribution is 5.79. The number of hydrogen-bond acceptors (Lipinski definition) is 4. The molecule has 2 unspecified atom stereocenters. The number of carbonyl (C=O) groups is 1. The second-order valence-corrected chi connectivity index (χ2v) is 7.92. The summed E-state index contributed by atoms with van der Waals surface area (Å²) in [6, 6.07) is 1.42. The monoisotopic (exact) mass is 337 g/mol. The number of hydrogen-bond donors (Lipinski definition) is 1. The summed E-state index contributed by atoms with van der Waals surface area (Å²) in [5.41, 5.74) is -0.0425. The van der Waals surface area contributed by atoms with Crippen LogP contribution in [0.25, 0.3) is 0 Å². The van der Waals surface area contributed by atoms with Crippen molar-refractivity contribution in [2.45, 2.75) is 69.8 Å². The van der Waals surface area contributed by atoms with Crippen LogP contribution in [0.3, 0.4) is 0 Å². The predicted octanol–water partition coefficient (Wildman–Crippen LogP) is 2.02. The average molecular weight is 337 g/mol. The molecule has 0 aromatic carbocycles. The highest BCUT2D eigenvalue weighted by Crippen LogP contribution is 2.49. The Morgan fingerprint density at radius 3 is 2.62 bits per heavy atom. The Balaban J connectivity index is 1.49. The number of likely N-dealkylation sites (tertiary alicyclic amines) is 1. The van der Waals surface area contributed by atoms with Crippen molar-refractivity contribution in [1.82, 2.24) is 10.2 Å². The van der Waals surface area contributed by atoms with Crippen LogP contribution in [0.2, 0.25) is 0 Å². The van der Waals surface area contributed by atoms with Crippen LogP contribution in [0, 0.1) is 23.2 Å². The molecule has 1 heterocycles. The van der Waals surface area contributed by atoms with Crippen LogP contribution in [0.4, 0.5) is 4.39 Å². The lowest BCUT2D eigenvalue weighted by atomic mass is 9.95. The van der Waals surface area contributed by atoms with Crippen LogP contribution in [-0.4, -0.2) is 54.4 Å². The van der Waals surface area contributed by atoms with E-state index in [0.29, 0.717) is 17.9 Å². The van der Waals surface area contributed by atoms with Gasteiger partial charge in [0.05, 0.1) is 25.3 Å². The molecular weight excluding hydrogens is 309 g/mol. The molecule has 0 bridgehead atoms. The molecule has 2 aliphatic carbocycles. The lowest BCUT2D eigenvalue weighted by molar-refractivity contribution is -0.130. The molecule has 24 heavy (non-hydrogen) atoms. The number of nitrogens with one attached hydrogen (secondary N) is 1. The van der Waals surface area contributed by atoms with Crippen LogP contribution in [0.1, 0.15) is 46.0 Å². The van der Waals surface area contributed by atoms with Gasteiger partial charge in [-0.3, -0.25) is 4.79 Å². The van der Waals surface area contributed by atoms with Gasteiger partial charge in [0.1, 0.15) is 12.2 Å². The normalized spacial score (nSPS) is 41.4. The van der Waals surface area contributed by atoms with E-state index in [0.717, 1.165) is 32.3 Å². The summed E-state index contributed by atoms with van der Waals surface area (Å²) < 4.78 is 19.2. The highest BCUT2D eigenvalue weighted by atomic mass is 19.1. The van der Waals surface area contributed by atoms with Gasteiger partial charge in [-0.05, 0) is 51.4 Å². The molecule has 3 fully saturated rings. The Labute approximate surface area is 143 Å². The summed E-state index contributed by atoms with van der Waals surface area (Å²) in [6.07, 6.45) is 3.83. The molecule has 6 heteroatoms. The van der Waals surface area contributed by atoms with Gasteiger partial charge in [-0.1, -0.05) is 0 Å². The molecule has 1 aliphatic heterocycles. The Bertz CT molecular complexity index is 507. The van der Waals surface area contributed by atoms with Crippen molar-refractivity contribution in [2.24, 2.45) is 11.8 Å². The van der Waals surface area contributed by atoms with Gasteiger partial charge in [0.2, 0.25) is 5.91 Å². The zero-order valence-corrected chi connectivity index (χ0v) is 14.6. The Morgan fingerprint density at radius 2 is 2.04 bits per heavy atom. The van der Waals surface area contributed by atoms with E-state index >= 15 is 0 Å². The molecule has 5 nitrogen and oxygen atoms in total. The molecule has 0 aromatic heterocycles. The third-order valence-electron chi connectivity index (χ3n) is 6.01. The summed E-state index contributed by atoms with van der Waals surface area (Å²) in [5.74, 6) is 1.18. The quantitative estimate of drug-likeness (QED) is 0.833. The number of ether oxygens (including phenoxy) is 1. The van der Waals surface area contributed by atoms with Gasteiger partial charge >= 0.3 is 0 Å². The summed E-state index contributed by atoms with van der Waals surface area (Å²) >= 11 is 0. The number of nitriles is 1. The van der Waals surface area contributed by atoms with Gasteiger partial charge < -0.3 is 15.0 Å². The number of fused-ring (bicyclic) bond motifs is 1. The van der Waals surface area contributed by atoms with E-state index in [1.807, 2.05) is 13.0 Å². The van der Waals surface area contributed by atoms with Crippen LogP contribution in [0.5, 0.6) is 0 Å². The van der Waals surface area contributed by atoms with Gasteiger partial charge in [0.15, 0.2) is 0 Å². The van der Waals surface area contributed by atoms with Gasteiger partial charge in [-0.2, -0.15) is 5.26 Å². The van der Waals surface area contributed by atoms with Gasteiger partial charge in [-0.15, -0.1) is 0 Å². The van der Waals surface area contributed by atoms with E-state index in [4.69, 9.17) is 10.00 Å². The van der Waals surface area contributed by atoms with Gasteiger partial charge in [-0.25, -0.2) is 4.39 Å². The zero-order valence-electron chi connectivity index (χ0n) is 14.6. The maximum absolute atomic E-state index is 13.5. The first-order valence-electron chi connectivity index (χ1n) is 9.14. The third-order valence-corrected chi connectivity index (χ3v) is 6.01. The minimum Gasteiger partial charge on any atom is -0.378 e. The Hall–Kier alpha value is -1.19. The topological polar surface area (TPSA) is 65.4 Å². The number of halogens is 1. The maximum Gasteiger partial charge on any atom is 0.237 e. The molecule has 0 aromatic rings. The Kier molecular flexibility index (Phi) is 5.12. The van der Waals surface area contributed by atoms with Crippen LogP contribution < -0.4 is 5.32 Å². The van der Waals surface area contributed by atoms with Crippen LogP contribution in [0.15, 0.2) is 0 Å². The number of carbonyl (C=O) groups excluding carboxylic acids is 1. The molecule has 2 saturated carbocycles. The first kappa shape index (κ1) is 17.6. The van der Waals surface area contributed by atoms with Crippen molar-refractivity contribution in [3.8, 4) is 6.07 Å². The van der Waals surface area contributed by atoms with E-state index < -0.39 is 12.2 Å². The Morgan fingerprint density at radius 1 is 1.38 bits per heavy atom. The standard InChI is InChI=1S/C18H28FN3O2/c1-3-24-16-4-12-7-18(2,8-13(12)5-16)21-10-17(23)22-11-14(19)6-15(22)9-20/h12-16,21H,3-8,10-11H2,1-2H3/t12-,13+,14-,15-,16?,18?/m0/s1. The highest BCUT2D eigenvalue weighted by Gasteiger charge is 2.47. The molecule has 3 aliphatic rings. The van der Waals surface area contributed by atoms with E-state index in [1.165, 1.54) is 4.90 Å². The molecule has 1 amide bonds. The predicted molar refractivity (Wildman–Crippen MR) is 87.9 cm³/mol. The van der Waals surface area contributed by atoms with Crippen LogP contribution >= 0.6 is 0 Å². The fourth-order valence-corrected chi connectivity index (χ4v) is 4.99. The second-order valence-electron chi connectivity index (χ2n) is 7.92. The summed E-state index contributed by atoms with van der Waals surface area (Å²) in [5, 5.41) is 12.5. The molecule has 6 atom stereocenters. The maximum atomic E-state index is 13.5. The fourth-order valence-electron chi connectivity index (χ4n) is 4.99. The second kappa shape index (κ2) is 6.97. The zero-order chi connectivity index (χ0) is 17.3. The summed E-state index contributed by atoms with van der Waals surface area (Å²) in [6.45, 7) is 5.24. The molecule has 1 saturated heterocycles. The van der Waals surface area contributed by atoms with Crippen LogP contribution in [-0.2, 0) is 9.53 Å². The van der Waals surface area contributed by atoms with Gasteiger partial charge in [0.25, 0.3) is 0 Å². The first-order chi connectivity index (χ1) is 11.4. The summed E-state index contributed by atoms with van der Waals surface area (Å²) in [7, 11) is 0. The molecular formula is C18H28FN3O2. The van der Waals surface area contributed by atoms with E-state index in [-0.39, 0.29) is 31.0 Å².